The zero-order valence-corrected chi connectivity index (χ0v) is 27.4. The van der Waals surface area contributed by atoms with Gasteiger partial charge in [-0.05, 0) is 82.9 Å². The van der Waals surface area contributed by atoms with E-state index in [1.165, 1.54) is 29.3 Å². The standard InChI is InChI=1S/C32H36Cl2N6O4S/c1-22-19-27(39-18-13-35-21-39)23-7-4-9-28(31(23)37-22)44-20-24-25(33)10-11-29(30(24)34)45(42,43)40-17-5-8-26(40)32(41)36-12-6-16-38-14-2-3-15-38/h4,7,9-11,13,18-19,21,26H,2-3,5-6,8,12,14-17,20H2,1H3,(H,36,41). The molecule has 2 fully saturated rings. The van der Waals surface area contributed by atoms with Gasteiger partial charge in [-0.2, -0.15) is 4.31 Å². The van der Waals surface area contributed by atoms with E-state index in [0.29, 0.717) is 36.2 Å². The molecule has 10 nitrogen and oxygen atoms in total. The summed E-state index contributed by atoms with van der Waals surface area (Å²) in [6.45, 7) is 5.69. The first-order valence-corrected chi connectivity index (χ1v) is 17.4. The second-order valence-electron chi connectivity index (χ2n) is 11.5. The number of hydrogen-bond donors (Lipinski definition) is 1. The molecule has 2 aliphatic rings. The Morgan fingerprint density at radius 3 is 2.71 bits per heavy atom. The fraction of sp³-hybridized carbons (Fsp3) is 0.406. The minimum absolute atomic E-state index is 0.0253. The topological polar surface area (TPSA) is 110 Å². The highest BCUT2D eigenvalue weighted by molar-refractivity contribution is 7.89. The van der Waals surface area contributed by atoms with Crippen molar-refractivity contribution in [3.63, 3.8) is 0 Å². The lowest BCUT2D eigenvalue weighted by Crippen LogP contribution is -2.46. The number of rotatable bonds is 11. The number of ether oxygens (including phenoxy) is 1. The molecule has 6 rings (SSSR count). The number of halogens is 2. The summed E-state index contributed by atoms with van der Waals surface area (Å²) in [5.74, 6) is 0.221. The first-order valence-electron chi connectivity index (χ1n) is 15.2. The van der Waals surface area contributed by atoms with E-state index >= 15 is 0 Å². The predicted molar refractivity (Wildman–Crippen MR) is 175 cm³/mol. The van der Waals surface area contributed by atoms with Gasteiger partial charge in [-0.25, -0.2) is 18.4 Å². The maximum Gasteiger partial charge on any atom is 0.245 e. The number of aromatic nitrogens is 3. The third-order valence-corrected chi connectivity index (χ3v) is 11.3. The number of imidazole rings is 1. The van der Waals surface area contributed by atoms with Crippen molar-refractivity contribution < 1.29 is 17.9 Å². The highest BCUT2D eigenvalue weighted by Crippen LogP contribution is 2.37. The van der Waals surface area contributed by atoms with Gasteiger partial charge in [0.1, 0.15) is 28.8 Å². The molecule has 0 saturated carbocycles. The summed E-state index contributed by atoms with van der Waals surface area (Å²) < 4.78 is 37.2. The highest BCUT2D eigenvalue weighted by atomic mass is 35.5. The SMILES string of the molecule is Cc1cc(-n2ccnc2)c2cccc(OCc3c(Cl)ccc(S(=O)(=O)N4CCCC4C(=O)NCCCN4CCCC4)c3Cl)c2n1. The zero-order valence-electron chi connectivity index (χ0n) is 25.1. The molecule has 2 aromatic heterocycles. The highest BCUT2D eigenvalue weighted by Gasteiger charge is 2.40. The number of carbonyl (C=O) groups is 1. The summed E-state index contributed by atoms with van der Waals surface area (Å²) in [6.07, 6.45) is 9.59. The Bertz CT molecular complexity index is 1800. The van der Waals surface area contributed by atoms with Gasteiger partial charge in [0.05, 0.1) is 17.0 Å². The molecule has 45 heavy (non-hydrogen) atoms. The molecular weight excluding hydrogens is 635 g/mol. The van der Waals surface area contributed by atoms with Gasteiger partial charge >= 0.3 is 0 Å². The van der Waals surface area contributed by atoms with Gasteiger partial charge in [-0.1, -0.05) is 35.3 Å². The molecule has 13 heteroatoms. The van der Waals surface area contributed by atoms with Crippen LogP contribution in [0.1, 0.15) is 43.4 Å². The van der Waals surface area contributed by atoms with Crippen LogP contribution in [0.2, 0.25) is 10.0 Å². The Morgan fingerprint density at radius 1 is 1.11 bits per heavy atom. The van der Waals surface area contributed by atoms with Crippen molar-refractivity contribution in [2.45, 2.75) is 56.6 Å². The molecule has 0 aliphatic carbocycles. The van der Waals surface area contributed by atoms with Crippen LogP contribution in [0.3, 0.4) is 0 Å². The molecule has 2 aliphatic heterocycles. The van der Waals surface area contributed by atoms with Gasteiger partial charge in [-0.15, -0.1) is 0 Å². The van der Waals surface area contributed by atoms with Crippen LogP contribution in [-0.2, 0) is 21.4 Å². The third-order valence-electron chi connectivity index (χ3n) is 8.46. The lowest BCUT2D eigenvalue weighted by molar-refractivity contribution is -0.124. The maximum absolute atomic E-state index is 13.9. The minimum atomic E-state index is -4.10. The molecule has 2 aromatic carbocycles. The Morgan fingerprint density at radius 2 is 1.93 bits per heavy atom. The number of nitrogens with one attached hydrogen (secondary N) is 1. The lowest BCUT2D eigenvalue weighted by atomic mass is 10.1. The Kier molecular flexibility index (Phi) is 9.62. The summed E-state index contributed by atoms with van der Waals surface area (Å²) in [6, 6.07) is 9.70. The van der Waals surface area contributed by atoms with Crippen LogP contribution in [0.4, 0.5) is 0 Å². The molecule has 0 spiro atoms. The van der Waals surface area contributed by atoms with Gasteiger partial charge in [0.2, 0.25) is 15.9 Å². The number of aryl methyl sites for hydroxylation is 1. The summed E-state index contributed by atoms with van der Waals surface area (Å²) >= 11 is 13.3. The van der Waals surface area contributed by atoms with Gasteiger partial charge in [0.25, 0.3) is 0 Å². The number of fused-ring (bicyclic) bond motifs is 1. The van der Waals surface area contributed by atoms with Crippen LogP contribution in [0.15, 0.2) is 60.0 Å². The van der Waals surface area contributed by atoms with E-state index in [4.69, 9.17) is 32.9 Å². The molecule has 4 aromatic rings. The van der Waals surface area contributed by atoms with Gasteiger partial charge < -0.3 is 19.5 Å². The minimum Gasteiger partial charge on any atom is -0.487 e. The first-order chi connectivity index (χ1) is 21.7. The molecule has 2 saturated heterocycles. The van der Waals surface area contributed by atoms with Crippen LogP contribution in [0, 0.1) is 6.92 Å². The lowest BCUT2D eigenvalue weighted by Gasteiger charge is -2.25. The van der Waals surface area contributed by atoms with E-state index in [1.54, 1.807) is 18.6 Å². The van der Waals surface area contributed by atoms with Crippen LogP contribution in [0.25, 0.3) is 16.6 Å². The molecule has 0 bridgehead atoms. The zero-order chi connectivity index (χ0) is 31.6. The van der Waals surface area contributed by atoms with E-state index in [0.717, 1.165) is 42.8 Å². The number of para-hydroxylation sites is 1. The van der Waals surface area contributed by atoms with Crippen molar-refractivity contribution in [2.75, 3.05) is 32.7 Å². The summed E-state index contributed by atoms with van der Waals surface area (Å²) in [5, 5.41) is 4.06. The van der Waals surface area contributed by atoms with E-state index < -0.39 is 16.1 Å². The number of nitrogens with zero attached hydrogens (tertiary/aromatic N) is 5. The molecule has 1 unspecified atom stereocenters. The van der Waals surface area contributed by atoms with E-state index in [2.05, 4.69) is 15.2 Å². The molecule has 4 heterocycles. The largest absolute Gasteiger partial charge is 0.487 e. The van der Waals surface area contributed by atoms with Crippen molar-refractivity contribution in [1.82, 2.24) is 29.1 Å². The van der Waals surface area contributed by atoms with Gasteiger partial charge in [0.15, 0.2) is 0 Å². The Hall–Kier alpha value is -3.22. The second kappa shape index (κ2) is 13.6. The van der Waals surface area contributed by atoms with Crippen molar-refractivity contribution in [2.24, 2.45) is 0 Å². The quantitative estimate of drug-likeness (QED) is 0.214. The molecule has 1 N–H and O–H groups in total. The number of amides is 1. The smallest absolute Gasteiger partial charge is 0.245 e. The van der Waals surface area contributed by atoms with Crippen molar-refractivity contribution >= 4 is 50.0 Å². The summed E-state index contributed by atoms with van der Waals surface area (Å²) in [7, 11) is -4.10. The van der Waals surface area contributed by atoms with Crippen LogP contribution < -0.4 is 10.1 Å². The summed E-state index contributed by atoms with van der Waals surface area (Å²) in [5.41, 5.74) is 2.67. The fourth-order valence-corrected chi connectivity index (χ4v) is 8.69. The van der Waals surface area contributed by atoms with Crippen molar-refractivity contribution in [3.05, 3.63) is 76.4 Å². The normalized spacial score (nSPS) is 17.7. The number of benzene rings is 2. The number of carbonyl (C=O) groups excluding carboxylic acids is 1. The molecule has 1 amide bonds. The third kappa shape index (κ3) is 6.69. The number of sulfonamides is 1. The van der Waals surface area contributed by atoms with Crippen molar-refractivity contribution in [3.8, 4) is 11.4 Å². The second-order valence-corrected chi connectivity index (χ2v) is 14.1. The number of likely N-dealkylation sites (tertiary alicyclic amines) is 1. The molecule has 1 atom stereocenters. The fourth-order valence-electron chi connectivity index (χ4n) is 6.17. The molecule has 0 radical (unpaired) electrons. The van der Waals surface area contributed by atoms with E-state index in [-0.39, 0.29) is 34.0 Å². The van der Waals surface area contributed by atoms with E-state index in [9.17, 15) is 13.2 Å². The molecule has 238 valence electrons. The predicted octanol–water partition coefficient (Wildman–Crippen LogP) is 5.37. The Labute approximate surface area is 273 Å². The van der Waals surface area contributed by atoms with Crippen LogP contribution in [-0.4, -0.2) is 76.8 Å². The van der Waals surface area contributed by atoms with Crippen LogP contribution >= 0.6 is 23.2 Å². The Balaban J connectivity index is 1.20. The molecular formula is C32H36Cl2N6O4S. The average molecular weight is 672 g/mol. The van der Waals surface area contributed by atoms with E-state index in [1.807, 2.05) is 35.9 Å². The van der Waals surface area contributed by atoms with Crippen molar-refractivity contribution in [1.29, 1.82) is 0 Å². The monoisotopic (exact) mass is 670 g/mol. The average Bonchev–Trinajstić information content (AvgIpc) is 3.82. The van der Waals surface area contributed by atoms with Gasteiger partial charge in [0, 0.05) is 47.1 Å². The van der Waals surface area contributed by atoms with Gasteiger partial charge in [-0.3, -0.25) is 4.79 Å². The first kappa shape index (κ1) is 31.7. The number of pyridine rings is 1. The van der Waals surface area contributed by atoms with Crippen LogP contribution in [0.5, 0.6) is 5.75 Å². The maximum atomic E-state index is 13.9. The number of hydrogen-bond acceptors (Lipinski definition) is 7. The summed E-state index contributed by atoms with van der Waals surface area (Å²) in [4.78, 5) is 24.3.